The molecule has 4 aromatic heterocycles. The van der Waals surface area contributed by atoms with Crippen molar-refractivity contribution in [3.63, 3.8) is 0 Å². The normalized spacial score (nSPS) is 12.9. The van der Waals surface area contributed by atoms with E-state index in [-0.39, 0.29) is 84.5 Å². The summed E-state index contributed by atoms with van der Waals surface area (Å²) in [7, 11) is 0. The van der Waals surface area contributed by atoms with Gasteiger partial charge in [-0.2, -0.15) is 10.2 Å². The summed E-state index contributed by atoms with van der Waals surface area (Å²) in [5, 5.41) is 23.8. The van der Waals surface area contributed by atoms with Crippen molar-refractivity contribution in [1.82, 2.24) is 50.5 Å². The number of aryl methyl sites for hydroxylation is 1. The molecule has 6 amide bonds. The first kappa shape index (κ1) is 49.2. The molecule has 0 spiro atoms. The number of rotatable bonds is 12. The van der Waals surface area contributed by atoms with Crippen molar-refractivity contribution in [1.29, 1.82) is 0 Å². The molecule has 10 rings (SSSR count). The van der Waals surface area contributed by atoms with Crippen molar-refractivity contribution < 1.29 is 55.8 Å². The summed E-state index contributed by atoms with van der Waals surface area (Å²) in [6, 6.07) is 22.1. The van der Waals surface area contributed by atoms with Gasteiger partial charge in [0.1, 0.15) is 45.9 Å². The molecule has 74 heavy (non-hydrogen) atoms. The van der Waals surface area contributed by atoms with Crippen LogP contribution in [0.2, 0.25) is 0 Å². The molecule has 0 unspecified atom stereocenters. The largest absolute Gasteiger partial charge is 0.482 e. The molecule has 20 nitrogen and oxygen atoms in total. The quantitative estimate of drug-likeness (QED) is 0.0857. The number of nitrogens with one attached hydrogen (secondary N) is 6. The highest BCUT2D eigenvalue weighted by molar-refractivity contribution is 6.00. The minimum Gasteiger partial charge on any atom is -0.482 e. The van der Waals surface area contributed by atoms with Gasteiger partial charge in [0.2, 0.25) is 0 Å². The first-order valence-electron chi connectivity index (χ1n) is 22.4. The molecule has 24 heteroatoms. The smallest absolute Gasteiger partial charge is 0.270 e. The molecule has 4 aromatic carbocycles. The summed E-state index contributed by atoms with van der Waals surface area (Å²) >= 11 is 0. The van der Waals surface area contributed by atoms with Gasteiger partial charge < -0.3 is 41.4 Å². The van der Waals surface area contributed by atoms with Crippen LogP contribution in [0.4, 0.5) is 28.9 Å². The van der Waals surface area contributed by atoms with E-state index in [1.54, 1.807) is 56.3 Å². The van der Waals surface area contributed by atoms with Crippen LogP contribution in [0.3, 0.4) is 0 Å². The molecule has 0 fully saturated rings. The highest BCUT2D eigenvalue weighted by atomic mass is 19.1. The van der Waals surface area contributed by atoms with Crippen molar-refractivity contribution in [2.45, 2.75) is 39.5 Å². The summed E-state index contributed by atoms with van der Waals surface area (Å²) < 4.78 is 68.1. The number of benzene rings is 4. The Kier molecular flexibility index (Phi) is 13.9. The number of carbonyl (C=O) groups excluding carboxylic acids is 6. The molecule has 6 N–H and O–H groups in total. The fourth-order valence-corrected chi connectivity index (χ4v) is 7.65. The Bertz CT molecular complexity index is 3570. The molecular formula is C50H40F4N12O8. The summed E-state index contributed by atoms with van der Waals surface area (Å²) in [6.07, 6.45) is 1.79. The second-order valence-corrected chi connectivity index (χ2v) is 16.7. The van der Waals surface area contributed by atoms with Crippen LogP contribution in [0.15, 0.2) is 103 Å². The first-order valence-corrected chi connectivity index (χ1v) is 22.4. The fraction of sp³-hybridized carbons (Fsp3) is 0.160. The monoisotopic (exact) mass is 1010 g/mol. The van der Waals surface area contributed by atoms with E-state index in [4.69, 9.17) is 9.47 Å². The molecule has 0 bridgehead atoms. The van der Waals surface area contributed by atoms with Crippen LogP contribution in [-0.2, 0) is 29.2 Å². The second kappa shape index (κ2) is 20.9. The van der Waals surface area contributed by atoms with Gasteiger partial charge in [0.05, 0.1) is 29.8 Å². The summed E-state index contributed by atoms with van der Waals surface area (Å²) in [5.41, 5.74) is 2.87. The van der Waals surface area contributed by atoms with Crippen LogP contribution >= 0.6 is 0 Å². The van der Waals surface area contributed by atoms with Crippen LogP contribution in [0, 0.1) is 30.2 Å². The van der Waals surface area contributed by atoms with E-state index in [0.29, 0.717) is 50.7 Å². The molecule has 8 aromatic rings. The first-order chi connectivity index (χ1) is 35.6. The Labute approximate surface area is 415 Å². The number of aromatic nitrogens is 6. The second-order valence-electron chi connectivity index (χ2n) is 16.7. The van der Waals surface area contributed by atoms with E-state index in [0.717, 1.165) is 21.4 Å². The van der Waals surface area contributed by atoms with Crippen LogP contribution in [0.5, 0.6) is 11.5 Å². The zero-order chi connectivity index (χ0) is 52.2. The lowest BCUT2D eigenvalue weighted by molar-refractivity contribution is -0.119. The third-order valence-electron chi connectivity index (χ3n) is 11.4. The lowest BCUT2D eigenvalue weighted by atomic mass is 10.1. The number of halogens is 4. The van der Waals surface area contributed by atoms with Crippen molar-refractivity contribution in [2.75, 3.05) is 23.8 Å². The Morgan fingerprint density at radius 2 is 1.05 bits per heavy atom. The van der Waals surface area contributed by atoms with Crippen LogP contribution in [0.1, 0.15) is 82.7 Å². The average molecular weight is 1010 g/mol. The standard InChI is InChI=1S/2C25H20F2N6O4/c1-13(15-3-5-16(26)6-4-15)30-25(36)20-9-19(32-23-17(27)11-29-33(20)23)24(35)28-10-14-2-7-21-18(8-14)31-22(34)12-37-21;1-13-6-14(2-4-16(13)26)9-29-25(36)20-8-19(32-23-17(27)11-30-33(20)23)24(35)28-10-15-3-5-21-18(7-15)31-22(34)12-37-21/h2-9,11,13H,10,12H2,1H3,(H,28,35)(H,30,36)(H,31,34);2-8,11H,9-10,12H2,1H3,(H,28,35)(H,29,36)(H,31,34)/t13-;/m0./s1. The van der Waals surface area contributed by atoms with Crippen molar-refractivity contribution >= 4 is 58.1 Å². The fourth-order valence-electron chi connectivity index (χ4n) is 7.65. The number of amides is 6. The zero-order valence-electron chi connectivity index (χ0n) is 38.9. The van der Waals surface area contributed by atoms with Gasteiger partial charge in [-0.05, 0) is 84.1 Å². The highest BCUT2D eigenvalue weighted by Gasteiger charge is 2.24. The van der Waals surface area contributed by atoms with Gasteiger partial charge in [0, 0.05) is 31.8 Å². The lowest BCUT2D eigenvalue weighted by Gasteiger charge is -2.18. The van der Waals surface area contributed by atoms with E-state index in [9.17, 15) is 46.3 Å². The van der Waals surface area contributed by atoms with Crippen LogP contribution in [0.25, 0.3) is 11.3 Å². The summed E-state index contributed by atoms with van der Waals surface area (Å²) in [6.45, 7) is 3.39. The number of nitrogens with zero attached hydrogens (tertiary/aromatic N) is 6. The Morgan fingerprint density at radius 3 is 1.55 bits per heavy atom. The average Bonchev–Trinajstić information content (AvgIpc) is 3.97. The molecule has 2 aliphatic rings. The van der Waals surface area contributed by atoms with E-state index in [1.807, 2.05) is 0 Å². The number of hydrogen-bond donors (Lipinski definition) is 6. The third-order valence-corrected chi connectivity index (χ3v) is 11.4. The Hall–Kier alpha value is -9.74. The number of ether oxygens (including phenoxy) is 2. The molecule has 0 radical (unpaired) electrons. The van der Waals surface area contributed by atoms with Gasteiger partial charge in [0.15, 0.2) is 36.1 Å². The predicted molar refractivity (Wildman–Crippen MR) is 254 cm³/mol. The van der Waals surface area contributed by atoms with Gasteiger partial charge in [-0.1, -0.05) is 36.4 Å². The van der Waals surface area contributed by atoms with Crippen LogP contribution < -0.4 is 41.4 Å². The van der Waals surface area contributed by atoms with E-state index in [1.165, 1.54) is 48.5 Å². The number of anilines is 2. The Morgan fingerprint density at radius 1 is 0.595 bits per heavy atom. The maximum Gasteiger partial charge on any atom is 0.270 e. The van der Waals surface area contributed by atoms with Crippen molar-refractivity contribution in [2.24, 2.45) is 0 Å². The van der Waals surface area contributed by atoms with Gasteiger partial charge in [-0.15, -0.1) is 0 Å². The third kappa shape index (κ3) is 10.9. The molecular weight excluding hydrogens is 973 g/mol. The number of carbonyl (C=O) groups is 6. The molecule has 1 atom stereocenters. The number of hydrogen-bond acceptors (Lipinski definition) is 12. The molecule has 6 heterocycles. The molecule has 2 aliphatic heterocycles. The SMILES string of the molecule is C[C@H](NC(=O)c1cc(C(=O)NCc2ccc3c(c2)NC(=O)CO3)nc2c(F)cnn12)c1ccc(F)cc1.Cc1cc(CNC(=O)c2cc(C(=O)NCc3ccc4c(c3)NC(=O)CO4)nc3c(F)cnn23)ccc1F. The van der Waals surface area contributed by atoms with Crippen molar-refractivity contribution in [3.8, 4) is 11.5 Å². The predicted octanol–water partition coefficient (Wildman–Crippen LogP) is 5.27. The molecule has 0 saturated heterocycles. The minimum absolute atomic E-state index is 0.0676. The molecule has 0 saturated carbocycles. The van der Waals surface area contributed by atoms with Gasteiger partial charge in [-0.25, -0.2) is 36.6 Å². The van der Waals surface area contributed by atoms with Crippen LogP contribution in [-0.4, -0.2) is 77.9 Å². The summed E-state index contributed by atoms with van der Waals surface area (Å²) in [4.78, 5) is 82.9. The van der Waals surface area contributed by atoms with Gasteiger partial charge in [0.25, 0.3) is 35.4 Å². The van der Waals surface area contributed by atoms with E-state index < -0.39 is 47.1 Å². The van der Waals surface area contributed by atoms with Crippen molar-refractivity contribution in [3.05, 3.63) is 177 Å². The topological polar surface area (TPSA) is 253 Å². The molecule has 376 valence electrons. The highest BCUT2D eigenvalue weighted by Crippen LogP contribution is 2.30. The van der Waals surface area contributed by atoms with Gasteiger partial charge in [-0.3, -0.25) is 28.8 Å². The van der Waals surface area contributed by atoms with E-state index in [2.05, 4.69) is 52.1 Å². The Balaban J connectivity index is 0.000000182. The molecule has 0 aliphatic carbocycles. The van der Waals surface area contributed by atoms with Gasteiger partial charge >= 0.3 is 0 Å². The maximum atomic E-state index is 14.4. The number of fused-ring (bicyclic) bond motifs is 4. The van der Waals surface area contributed by atoms with E-state index >= 15 is 0 Å². The maximum absolute atomic E-state index is 14.4. The zero-order valence-corrected chi connectivity index (χ0v) is 38.9. The minimum atomic E-state index is -0.805. The lowest BCUT2D eigenvalue weighted by Crippen LogP contribution is -2.30. The summed E-state index contributed by atoms with van der Waals surface area (Å²) in [5.74, 6) is -4.47.